The van der Waals surface area contributed by atoms with Crippen LogP contribution < -0.4 is 0 Å². The SMILES string of the molecule is N#Cc1cc(C(F)(F)F)[nH]c1-c1ccc(Br)o1. The Kier molecular flexibility index (Phi) is 2.75. The highest BCUT2D eigenvalue weighted by molar-refractivity contribution is 9.10. The molecule has 0 aromatic carbocycles. The Balaban J connectivity index is 2.55. The normalized spacial score (nSPS) is 11.5. The molecule has 0 aliphatic carbocycles. The van der Waals surface area contributed by atoms with E-state index in [1.807, 2.05) is 0 Å². The van der Waals surface area contributed by atoms with Crippen LogP contribution in [0.1, 0.15) is 11.3 Å². The molecule has 0 unspecified atom stereocenters. The van der Waals surface area contributed by atoms with E-state index in [4.69, 9.17) is 9.68 Å². The molecule has 3 nitrogen and oxygen atoms in total. The van der Waals surface area contributed by atoms with Crippen molar-refractivity contribution < 1.29 is 17.6 Å². The largest absolute Gasteiger partial charge is 0.448 e. The predicted molar refractivity (Wildman–Crippen MR) is 55.9 cm³/mol. The van der Waals surface area contributed by atoms with Crippen LogP contribution in [0, 0.1) is 11.3 Å². The highest BCUT2D eigenvalue weighted by Crippen LogP contribution is 2.34. The first kappa shape index (κ1) is 11.8. The van der Waals surface area contributed by atoms with Crippen LogP contribution in [-0.4, -0.2) is 4.98 Å². The molecule has 0 atom stereocenters. The zero-order chi connectivity index (χ0) is 12.6. The number of H-pyrrole nitrogens is 1. The van der Waals surface area contributed by atoms with Crippen molar-refractivity contribution in [3.63, 3.8) is 0 Å². The van der Waals surface area contributed by atoms with Gasteiger partial charge in [0, 0.05) is 0 Å². The molecule has 0 aliphatic rings. The fraction of sp³-hybridized carbons (Fsp3) is 0.100. The Labute approximate surface area is 102 Å². The number of halogens is 4. The van der Waals surface area contributed by atoms with Crippen molar-refractivity contribution in [2.75, 3.05) is 0 Å². The van der Waals surface area contributed by atoms with E-state index in [-0.39, 0.29) is 17.0 Å². The Morgan fingerprint density at radius 3 is 2.53 bits per heavy atom. The first-order valence-corrected chi connectivity index (χ1v) is 5.17. The molecule has 2 aromatic rings. The highest BCUT2D eigenvalue weighted by Gasteiger charge is 2.34. The lowest BCUT2D eigenvalue weighted by atomic mass is 10.2. The monoisotopic (exact) mass is 304 g/mol. The van der Waals surface area contributed by atoms with Gasteiger partial charge in [0.05, 0.1) is 11.3 Å². The van der Waals surface area contributed by atoms with Crippen LogP contribution in [0.15, 0.2) is 27.3 Å². The predicted octanol–water partition coefficient (Wildman–Crippen LogP) is 3.93. The zero-order valence-corrected chi connectivity index (χ0v) is 9.69. The van der Waals surface area contributed by atoms with Crippen LogP contribution in [-0.2, 0) is 6.18 Å². The summed E-state index contributed by atoms with van der Waals surface area (Å²) in [5.41, 5.74) is -1.07. The molecule has 0 fully saturated rings. The smallest absolute Gasteiger partial charge is 0.431 e. The second-order valence-electron chi connectivity index (χ2n) is 3.19. The van der Waals surface area contributed by atoms with E-state index >= 15 is 0 Å². The van der Waals surface area contributed by atoms with Crippen LogP contribution >= 0.6 is 15.9 Å². The van der Waals surface area contributed by atoms with E-state index in [1.54, 1.807) is 6.07 Å². The molecule has 17 heavy (non-hydrogen) atoms. The molecule has 0 bridgehead atoms. The van der Waals surface area contributed by atoms with E-state index in [9.17, 15) is 13.2 Å². The number of nitrogens with one attached hydrogen (secondary N) is 1. The third-order valence-corrected chi connectivity index (χ3v) is 2.49. The number of furan rings is 1. The van der Waals surface area contributed by atoms with E-state index in [2.05, 4.69) is 20.9 Å². The minimum absolute atomic E-state index is 0.0190. The summed E-state index contributed by atoms with van der Waals surface area (Å²) in [5, 5.41) is 8.77. The van der Waals surface area contributed by atoms with Crippen molar-refractivity contribution in [3.05, 3.63) is 34.1 Å². The topological polar surface area (TPSA) is 52.7 Å². The van der Waals surface area contributed by atoms with Gasteiger partial charge in [0.1, 0.15) is 11.8 Å². The van der Waals surface area contributed by atoms with Gasteiger partial charge in [-0.25, -0.2) is 0 Å². The van der Waals surface area contributed by atoms with Gasteiger partial charge in [-0.2, -0.15) is 18.4 Å². The molecule has 88 valence electrons. The fourth-order valence-electron chi connectivity index (χ4n) is 1.34. The first-order chi connectivity index (χ1) is 7.91. The summed E-state index contributed by atoms with van der Waals surface area (Å²) in [6.45, 7) is 0. The lowest BCUT2D eigenvalue weighted by Crippen LogP contribution is -2.04. The number of rotatable bonds is 1. The molecule has 7 heteroatoms. The maximum Gasteiger partial charge on any atom is 0.431 e. The Morgan fingerprint density at radius 2 is 2.06 bits per heavy atom. The second-order valence-corrected chi connectivity index (χ2v) is 3.97. The van der Waals surface area contributed by atoms with Gasteiger partial charge in [0.2, 0.25) is 0 Å². The number of hydrogen-bond donors (Lipinski definition) is 1. The summed E-state index contributed by atoms with van der Waals surface area (Å²) < 4.78 is 42.9. The van der Waals surface area contributed by atoms with Crippen LogP contribution in [0.25, 0.3) is 11.5 Å². The van der Waals surface area contributed by atoms with Crippen molar-refractivity contribution in [1.82, 2.24) is 4.98 Å². The molecule has 0 radical (unpaired) electrons. The quantitative estimate of drug-likeness (QED) is 0.868. The standard InChI is InChI=1S/C10H4BrF3N2O/c11-8-2-1-6(17-8)9-5(4-15)3-7(16-9)10(12,13)14/h1-3,16H. The number of hydrogen-bond acceptors (Lipinski definition) is 2. The van der Waals surface area contributed by atoms with Gasteiger partial charge in [0.15, 0.2) is 10.4 Å². The summed E-state index contributed by atoms with van der Waals surface area (Å²) in [5.74, 6) is 0.170. The minimum atomic E-state index is -4.52. The van der Waals surface area contributed by atoms with Crippen molar-refractivity contribution in [3.8, 4) is 17.5 Å². The van der Waals surface area contributed by atoms with Crippen molar-refractivity contribution in [1.29, 1.82) is 5.26 Å². The van der Waals surface area contributed by atoms with Crippen molar-refractivity contribution in [2.45, 2.75) is 6.18 Å². The molecular weight excluding hydrogens is 301 g/mol. The van der Waals surface area contributed by atoms with Gasteiger partial charge in [-0.1, -0.05) is 0 Å². The van der Waals surface area contributed by atoms with E-state index in [0.29, 0.717) is 4.67 Å². The maximum atomic E-state index is 12.5. The third kappa shape index (κ3) is 2.22. The van der Waals surface area contributed by atoms with Gasteiger partial charge >= 0.3 is 6.18 Å². The van der Waals surface area contributed by atoms with E-state index in [1.165, 1.54) is 12.1 Å². The number of aromatic amines is 1. The number of alkyl halides is 3. The van der Waals surface area contributed by atoms with Crippen LogP contribution in [0.4, 0.5) is 13.2 Å². The Morgan fingerprint density at radius 1 is 1.35 bits per heavy atom. The highest BCUT2D eigenvalue weighted by atomic mass is 79.9. The summed E-state index contributed by atoms with van der Waals surface area (Å²) >= 11 is 3.04. The lowest BCUT2D eigenvalue weighted by Gasteiger charge is -2.01. The lowest BCUT2D eigenvalue weighted by molar-refractivity contribution is -0.140. The van der Waals surface area contributed by atoms with E-state index < -0.39 is 11.9 Å². The van der Waals surface area contributed by atoms with Gasteiger partial charge < -0.3 is 9.40 Å². The number of nitrogens with zero attached hydrogens (tertiary/aromatic N) is 1. The molecule has 0 amide bonds. The van der Waals surface area contributed by atoms with Crippen LogP contribution in [0.3, 0.4) is 0 Å². The maximum absolute atomic E-state index is 12.5. The average molecular weight is 305 g/mol. The Bertz CT molecular complexity index is 591. The third-order valence-electron chi connectivity index (χ3n) is 2.06. The molecule has 0 saturated carbocycles. The summed E-state index contributed by atoms with van der Waals surface area (Å²) in [4.78, 5) is 2.14. The molecule has 0 spiro atoms. The number of aromatic nitrogens is 1. The van der Waals surface area contributed by atoms with Crippen LogP contribution in [0.5, 0.6) is 0 Å². The molecule has 0 saturated heterocycles. The van der Waals surface area contributed by atoms with E-state index in [0.717, 1.165) is 6.07 Å². The first-order valence-electron chi connectivity index (χ1n) is 4.38. The van der Waals surface area contributed by atoms with Gasteiger partial charge in [-0.3, -0.25) is 0 Å². The second kappa shape index (κ2) is 3.96. The molecule has 2 rings (SSSR count). The van der Waals surface area contributed by atoms with Gasteiger partial charge in [0.25, 0.3) is 0 Å². The summed E-state index contributed by atoms with van der Waals surface area (Å²) in [6, 6.07) is 5.45. The van der Waals surface area contributed by atoms with Crippen molar-refractivity contribution >= 4 is 15.9 Å². The molecule has 1 N–H and O–H groups in total. The fourth-order valence-corrected chi connectivity index (χ4v) is 1.65. The Hall–Kier alpha value is -1.68. The average Bonchev–Trinajstić information content (AvgIpc) is 2.81. The van der Waals surface area contributed by atoms with Crippen molar-refractivity contribution in [2.24, 2.45) is 0 Å². The summed E-state index contributed by atoms with van der Waals surface area (Å²) in [7, 11) is 0. The van der Waals surface area contributed by atoms with Gasteiger partial charge in [-0.15, -0.1) is 0 Å². The minimum Gasteiger partial charge on any atom is -0.448 e. The van der Waals surface area contributed by atoms with Gasteiger partial charge in [-0.05, 0) is 34.1 Å². The molecule has 0 aliphatic heterocycles. The van der Waals surface area contributed by atoms with Crippen LogP contribution in [0.2, 0.25) is 0 Å². The molecule has 2 heterocycles. The molecular formula is C10H4BrF3N2O. The number of nitriles is 1. The zero-order valence-electron chi connectivity index (χ0n) is 8.10. The molecule has 2 aromatic heterocycles. The summed E-state index contributed by atoms with van der Waals surface area (Å²) in [6.07, 6.45) is -4.52.